The number of amides is 3. The predicted octanol–water partition coefficient (Wildman–Crippen LogP) is 3.85. The van der Waals surface area contributed by atoms with E-state index >= 15 is 0 Å². The summed E-state index contributed by atoms with van der Waals surface area (Å²) in [5, 5.41) is 8.20. The first kappa shape index (κ1) is 23.2. The number of hydrogen-bond donors (Lipinski definition) is 3. The molecule has 0 spiro atoms. The molecule has 0 fully saturated rings. The van der Waals surface area contributed by atoms with Crippen LogP contribution in [-0.2, 0) is 16.0 Å². The van der Waals surface area contributed by atoms with Crippen LogP contribution in [-0.4, -0.2) is 30.3 Å². The highest BCUT2D eigenvalue weighted by Crippen LogP contribution is 2.19. The zero-order valence-electron chi connectivity index (χ0n) is 17.6. The summed E-state index contributed by atoms with van der Waals surface area (Å²) >= 11 is 3.39. The van der Waals surface area contributed by atoms with Gasteiger partial charge in [0.2, 0.25) is 11.8 Å². The van der Waals surface area contributed by atoms with Gasteiger partial charge in [0.25, 0.3) is 5.91 Å². The number of hydrogen-bond acceptors (Lipinski definition) is 3. The molecule has 1 atom stereocenters. The summed E-state index contributed by atoms with van der Waals surface area (Å²) < 4.78 is 0.916. The Morgan fingerprint density at radius 3 is 2.22 bits per heavy atom. The van der Waals surface area contributed by atoms with Gasteiger partial charge in [-0.1, -0.05) is 64.5 Å². The van der Waals surface area contributed by atoms with Crippen LogP contribution in [0.2, 0.25) is 0 Å². The van der Waals surface area contributed by atoms with Crippen molar-refractivity contribution in [2.45, 2.75) is 19.4 Å². The highest BCUT2D eigenvalue weighted by molar-refractivity contribution is 9.10. The molecule has 0 heterocycles. The zero-order chi connectivity index (χ0) is 22.9. The minimum atomic E-state index is -0.827. The Kier molecular flexibility index (Phi) is 8.16. The van der Waals surface area contributed by atoms with Crippen molar-refractivity contribution in [1.29, 1.82) is 0 Å². The van der Waals surface area contributed by atoms with Gasteiger partial charge in [0.15, 0.2) is 0 Å². The van der Waals surface area contributed by atoms with E-state index in [2.05, 4.69) is 31.9 Å². The molecule has 32 heavy (non-hydrogen) atoms. The molecule has 0 bridgehead atoms. The number of anilines is 1. The van der Waals surface area contributed by atoms with Crippen molar-refractivity contribution in [3.05, 3.63) is 100 Å². The van der Waals surface area contributed by atoms with E-state index in [1.807, 2.05) is 55.5 Å². The molecular weight excluding hydrogens is 470 g/mol. The fraction of sp³-hybridized carbons (Fsp3) is 0.160. The van der Waals surface area contributed by atoms with Gasteiger partial charge in [0, 0.05) is 22.1 Å². The first-order valence-corrected chi connectivity index (χ1v) is 11.0. The molecule has 0 radical (unpaired) electrons. The van der Waals surface area contributed by atoms with Gasteiger partial charge in [0.1, 0.15) is 6.04 Å². The number of carbonyl (C=O) groups is 3. The lowest BCUT2D eigenvalue weighted by Gasteiger charge is -2.19. The van der Waals surface area contributed by atoms with Crippen molar-refractivity contribution in [1.82, 2.24) is 10.6 Å². The molecule has 3 N–H and O–H groups in total. The molecule has 6 nitrogen and oxygen atoms in total. The highest BCUT2D eigenvalue weighted by Gasteiger charge is 2.22. The third-order valence-corrected chi connectivity index (χ3v) is 5.32. The predicted molar refractivity (Wildman–Crippen MR) is 128 cm³/mol. The number of halogens is 1. The van der Waals surface area contributed by atoms with E-state index < -0.39 is 11.9 Å². The Bertz CT molecular complexity index is 1090. The summed E-state index contributed by atoms with van der Waals surface area (Å²) in [6.45, 7) is 1.68. The second-order valence-corrected chi connectivity index (χ2v) is 8.22. The average molecular weight is 494 g/mol. The van der Waals surface area contributed by atoms with Crippen LogP contribution in [0.15, 0.2) is 83.3 Å². The number of benzene rings is 3. The van der Waals surface area contributed by atoms with Crippen LogP contribution in [0.1, 0.15) is 21.5 Å². The van der Waals surface area contributed by atoms with Crippen molar-refractivity contribution >= 4 is 39.3 Å². The lowest BCUT2D eigenvalue weighted by Crippen LogP contribution is -2.49. The molecule has 0 unspecified atom stereocenters. The summed E-state index contributed by atoms with van der Waals surface area (Å²) in [7, 11) is 0. The molecule has 3 aromatic carbocycles. The maximum Gasteiger partial charge on any atom is 0.251 e. The van der Waals surface area contributed by atoms with Crippen LogP contribution in [0.5, 0.6) is 0 Å². The van der Waals surface area contributed by atoms with Gasteiger partial charge in [-0.3, -0.25) is 14.4 Å². The Balaban J connectivity index is 1.64. The Hall–Kier alpha value is -3.45. The Morgan fingerprint density at radius 1 is 0.906 bits per heavy atom. The van der Waals surface area contributed by atoms with Crippen molar-refractivity contribution in [2.24, 2.45) is 0 Å². The minimum Gasteiger partial charge on any atom is -0.345 e. The molecular formula is C25H24BrN3O3. The molecule has 0 aliphatic carbocycles. The van der Waals surface area contributed by atoms with Crippen molar-refractivity contribution in [3.63, 3.8) is 0 Å². The zero-order valence-corrected chi connectivity index (χ0v) is 19.2. The van der Waals surface area contributed by atoms with Crippen LogP contribution in [0.4, 0.5) is 5.69 Å². The molecule has 0 aliphatic heterocycles. The fourth-order valence-corrected chi connectivity index (χ4v) is 3.62. The van der Waals surface area contributed by atoms with E-state index in [1.54, 1.807) is 30.3 Å². The van der Waals surface area contributed by atoms with Gasteiger partial charge in [0.05, 0.1) is 6.54 Å². The second-order valence-electron chi connectivity index (χ2n) is 7.31. The van der Waals surface area contributed by atoms with Crippen LogP contribution >= 0.6 is 15.9 Å². The van der Waals surface area contributed by atoms with E-state index in [-0.39, 0.29) is 18.4 Å². The number of aryl methyl sites for hydroxylation is 1. The summed E-state index contributed by atoms with van der Waals surface area (Å²) in [4.78, 5) is 37.8. The number of carbonyl (C=O) groups excluding carboxylic acids is 3. The molecule has 0 aliphatic rings. The SMILES string of the molecule is Cc1cc(Br)ccc1NC(=O)CNC(=O)[C@@H](Cc1ccccc1)NC(=O)c1ccccc1. The Labute approximate surface area is 195 Å². The standard InChI is InChI=1S/C25H24BrN3O3/c1-17-14-20(26)12-13-21(17)28-23(30)16-27-25(32)22(15-18-8-4-2-5-9-18)29-24(31)19-10-6-3-7-11-19/h2-14,22H,15-16H2,1H3,(H,27,32)(H,28,30)(H,29,31)/t22-/m1/s1. The summed E-state index contributed by atoms with van der Waals surface area (Å²) in [6, 6.07) is 22.8. The van der Waals surface area contributed by atoms with Gasteiger partial charge >= 0.3 is 0 Å². The molecule has 0 saturated carbocycles. The first-order chi connectivity index (χ1) is 15.4. The van der Waals surface area contributed by atoms with Crippen LogP contribution in [0, 0.1) is 6.92 Å². The Morgan fingerprint density at radius 2 is 1.56 bits per heavy atom. The van der Waals surface area contributed by atoms with E-state index in [4.69, 9.17) is 0 Å². The van der Waals surface area contributed by atoms with Crippen LogP contribution in [0.25, 0.3) is 0 Å². The molecule has 3 amide bonds. The molecule has 7 heteroatoms. The second kappa shape index (κ2) is 11.2. The van der Waals surface area contributed by atoms with E-state index in [0.717, 1.165) is 15.6 Å². The maximum atomic E-state index is 12.9. The van der Waals surface area contributed by atoms with E-state index in [9.17, 15) is 14.4 Å². The third kappa shape index (κ3) is 6.78. The molecule has 3 aromatic rings. The fourth-order valence-electron chi connectivity index (χ4n) is 3.14. The van der Waals surface area contributed by atoms with Gasteiger partial charge in [-0.2, -0.15) is 0 Å². The van der Waals surface area contributed by atoms with E-state index in [1.165, 1.54) is 0 Å². The quantitative estimate of drug-likeness (QED) is 0.445. The van der Waals surface area contributed by atoms with Gasteiger partial charge < -0.3 is 16.0 Å². The van der Waals surface area contributed by atoms with Gasteiger partial charge in [-0.25, -0.2) is 0 Å². The third-order valence-electron chi connectivity index (χ3n) is 4.83. The monoisotopic (exact) mass is 493 g/mol. The van der Waals surface area contributed by atoms with Gasteiger partial charge in [-0.05, 0) is 48.4 Å². The molecule has 164 valence electrons. The topological polar surface area (TPSA) is 87.3 Å². The largest absolute Gasteiger partial charge is 0.345 e. The van der Waals surface area contributed by atoms with Crippen LogP contribution < -0.4 is 16.0 Å². The van der Waals surface area contributed by atoms with Gasteiger partial charge in [-0.15, -0.1) is 0 Å². The smallest absolute Gasteiger partial charge is 0.251 e. The highest BCUT2D eigenvalue weighted by atomic mass is 79.9. The van der Waals surface area contributed by atoms with Crippen molar-refractivity contribution < 1.29 is 14.4 Å². The summed E-state index contributed by atoms with van der Waals surface area (Å²) in [6.07, 6.45) is 0.304. The lowest BCUT2D eigenvalue weighted by molar-refractivity contribution is -0.125. The average Bonchev–Trinajstić information content (AvgIpc) is 2.80. The number of nitrogens with one attached hydrogen (secondary N) is 3. The maximum absolute atomic E-state index is 12.9. The van der Waals surface area contributed by atoms with E-state index in [0.29, 0.717) is 17.7 Å². The van der Waals surface area contributed by atoms with Crippen molar-refractivity contribution in [3.8, 4) is 0 Å². The summed E-state index contributed by atoms with van der Waals surface area (Å²) in [5.41, 5.74) is 2.93. The molecule has 0 saturated heterocycles. The lowest BCUT2D eigenvalue weighted by atomic mass is 10.0. The first-order valence-electron chi connectivity index (χ1n) is 10.2. The summed E-state index contributed by atoms with van der Waals surface area (Å²) in [5.74, 6) is -1.13. The minimum absolute atomic E-state index is 0.208. The normalized spacial score (nSPS) is 11.3. The molecule has 0 aromatic heterocycles. The number of rotatable bonds is 8. The molecule has 3 rings (SSSR count). The van der Waals surface area contributed by atoms with Crippen molar-refractivity contribution in [2.75, 3.05) is 11.9 Å². The van der Waals surface area contributed by atoms with Crippen LogP contribution in [0.3, 0.4) is 0 Å².